The molecule has 14 heteroatoms. The molecule has 2 unspecified atom stereocenters. The number of para-hydroxylation sites is 1. The van der Waals surface area contributed by atoms with Gasteiger partial charge in [-0.2, -0.15) is 0 Å². The first-order valence-electron chi connectivity index (χ1n) is 20.2. The van der Waals surface area contributed by atoms with Gasteiger partial charge in [-0.1, -0.05) is 47.6 Å². The van der Waals surface area contributed by atoms with Crippen molar-refractivity contribution in [2.45, 2.75) is 69.6 Å². The van der Waals surface area contributed by atoms with Gasteiger partial charge < -0.3 is 28.7 Å². The smallest absolute Gasteiger partial charge is 0.322 e. The molecular weight excluding hydrogens is 739 g/mol. The third-order valence-electron chi connectivity index (χ3n) is 12.2. The van der Waals surface area contributed by atoms with Gasteiger partial charge in [-0.3, -0.25) is 24.7 Å². The molecule has 2 amide bonds. The molecule has 2 saturated heterocycles. The Bertz CT molecular complexity index is 2280. The van der Waals surface area contributed by atoms with Crippen LogP contribution in [0.25, 0.3) is 11.5 Å². The number of amides is 2. The summed E-state index contributed by atoms with van der Waals surface area (Å²) in [6, 6.07) is 24.9. The van der Waals surface area contributed by atoms with Crippen LogP contribution in [0, 0.1) is 11.8 Å². The molecule has 4 atom stereocenters. The fourth-order valence-electron chi connectivity index (χ4n) is 9.05. The van der Waals surface area contributed by atoms with Crippen LogP contribution in [0.1, 0.15) is 61.1 Å². The highest BCUT2D eigenvalue weighted by Gasteiger charge is 2.42. The third-order valence-corrected chi connectivity index (χ3v) is 12.2. The third kappa shape index (κ3) is 7.57. The fourth-order valence-corrected chi connectivity index (χ4v) is 9.05. The molecule has 10 rings (SSSR count). The van der Waals surface area contributed by atoms with E-state index >= 15 is 0 Å². The van der Waals surface area contributed by atoms with Gasteiger partial charge in [0.15, 0.2) is 17.2 Å². The summed E-state index contributed by atoms with van der Waals surface area (Å²) in [6.07, 6.45) is 7.24. The first-order valence-corrected chi connectivity index (χ1v) is 20.2. The van der Waals surface area contributed by atoms with Crippen LogP contribution in [-0.2, 0) is 22.7 Å². The Kier molecular flexibility index (Phi) is 9.87. The molecule has 4 aliphatic heterocycles. The molecular formula is C44H45N7O7. The van der Waals surface area contributed by atoms with E-state index in [-0.39, 0.29) is 49.3 Å². The molecule has 2 N–H and O–H groups in total. The van der Waals surface area contributed by atoms with Gasteiger partial charge in [0.25, 0.3) is 5.88 Å². The number of aromatic nitrogens is 3. The Morgan fingerprint density at radius 2 is 1.34 bits per heavy atom. The number of piperidine rings is 2. The fraction of sp³-hybridized carbons (Fsp3) is 0.386. The van der Waals surface area contributed by atoms with Crippen molar-refractivity contribution in [1.82, 2.24) is 25.0 Å². The van der Waals surface area contributed by atoms with E-state index in [2.05, 4.69) is 47.7 Å². The Morgan fingerprint density at radius 3 is 2.09 bits per heavy atom. The summed E-state index contributed by atoms with van der Waals surface area (Å²) >= 11 is 0. The topological polar surface area (TPSA) is 153 Å². The van der Waals surface area contributed by atoms with Crippen LogP contribution >= 0.6 is 0 Å². The lowest BCUT2D eigenvalue weighted by Gasteiger charge is -2.46. The zero-order chi connectivity index (χ0) is 39.0. The molecule has 6 heterocycles. The van der Waals surface area contributed by atoms with Gasteiger partial charge in [0, 0.05) is 54.8 Å². The number of nitrogens with one attached hydrogen (secondary N) is 2. The molecule has 5 aromatic rings. The van der Waals surface area contributed by atoms with E-state index < -0.39 is 6.04 Å². The van der Waals surface area contributed by atoms with Gasteiger partial charge in [0.05, 0.1) is 12.1 Å². The molecule has 1 saturated carbocycles. The Hall–Kier alpha value is -5.99. The maximum Gasteiger partial charge on any atom is 0.322 e. The van der Waals surface area contributed by atoms with E-state index in [1.54, 1.807) is 6.20 Å². The summed E-state index contributed by atoms with van der Waals surface area (Å²) in [7, 11) is 0. The highest BCUT2D eigenvalue weighted by Crippen LogP contribution is 2.42. The first-order chi connectivity index (χ1) is 28.5. The van der Waals surface area contributed by atoms with Crippen molar-refractivity contribution in [3.05, 3.63) is 102 Å². The predicted molar refractivity (Wildman–Crippen MR) is 212 cm³/mol. The summed E-state index contributed by atoms with van der Waals surface area (Å²) in [6.45, 7) is 2.66. The SMILES string of the molecule is O=C(Nc1ccc(C2CC2)cc1)[C@H]1CCC(C2CC[C@H](C(=O)Nc3nnc(-c4ccccc4)o3)N(Cc3cccc4c3OCO4)C2)CN1Cc1ccnc2c1OCO2. The summed E-state index contributed by atoms with van der Waals surface area (Å²) in [5.74, 6) is 3.83. The number of fused-ring (bicyclic) bond motifs is 2. The van der Waals surface area contributed by atoms with Crippen molar-refractivity contribution < 1.29 is 33.0 Å². The molecule has 5 aliphatic rings. The van der Waals surface area contributed by atoms with E-state index in [0.717, 1.165) is 35.2 Å². The monoisotopic (exact) mass is 783 g/mol. The van der Waals surface area contributed by atoms with Crippen LogP contribution in [0.4, 0.5) is 11.7 Å². The lowest BCUT2D eigenvalue weighted by Crippen LogP contribution is -2.54. The summed E-state index contributed by atoms with van der Waals surface area (Å²) < 4.78 is 28.9. The average Bonchev–Trinajstić information content (AvgIpc) is 3.57. The number of anilines is 2. The minimum Gasteiger partial charge on any atom is -0.454 e. The quantitative estimate of drug-likeness (QED) is 0.148. The van der Waals surface area contributed by atoms with Crippen molar-refractivity contribution in [2.24, 2.45) is 11.8 Å². The van der Waals surface area contributed by atoms with Crippen LogP contribution in [0.15, 0.2) is 89.5 Å². The van der Waals surface area contributed by atoms with Gasteiger partial charge in [-0.15, -0.1) is 5.10 Å². The van der Waals surface area contributed by atoms with Crippen LogP contribution in [-0.4, -0.2) is 75.6 Å². The van der Waals surface area contributed by atoms with Gasteiger partial charge >= 0.3 is 6.01 Å². The molecule has 58 heavy (non-hydrogen) atoms. The van der Waals surface area contributed by atoms with Gasteiger partial charge in [-0.25, -0.2) is 4.98 Å². The molecule has 0 radical (unpaired) electrons. The molecule has 2 aromatic heterocycles. The van der Waals surface area contributed by atoms with E-state index in [4.69, 9.17) is 23.4 Å². The number of hydrogen-bond donors (Lipinski definition) is 2. The zero-order valence-electron chi connectivity index (χ0n) is 32.0. The van der Waals surface area contributed by atoms with Crippen molar-refractivity contribution in [3.8, 4) is 34.6 Å². The maximum atomic E-state index is 14.1. The number of rotatable bonds is 11. The average molecular weight is 784 g/mol. The molecule has 0 spiro atoms. The summed E-state index contributed by atoms with van der Waals surface area (Å²) in [5.41, 5.74) is 4.81. The molecule has 14 nitrogen and oxygen atoms in total. The summed E-state index contributed by atoms with van der Waals surface area (Å²) in [5, 5.41) is 14.4. The van der Waals surface area contributed by atoms with Gasteiger partial charge in [0.1, 0.15) is 0 Å². The molecule has 1 aliphatic carbocycles. The molecule has 3 fully saturated rings. The number of carbonyl (C=O) groups excluding carboxylic acids is 2. The van der Waals surface area contributed by atoms with E-state index in [0.29, 0.717) is 74.0 Å². The lowest BCUT2D eigenvalue weighted by molar-refractivity contribution is -0.126. The Balaban J connectivity index is 0.883. The maximum absolute atomic E-state index is 14.1. The van der Waals surface area contributed by atoms with E-state index in [1.165, 1.54) is 18.4 Å². The van der Waals surface area contributed by atoms with Gasteiger partial charge in [-0.05, 0) is 98.2 Å². The van der Waals surface area contributed by atoms with E-state index in [1.807, 2.05) is 66.7 Å². The molecule has 298 valence electrons. The van der Waals surface area contributed by atoms with Crippen LogP contribution in [0.5, 0.6) is 23.1 Å². The highest BCUT2D eigenvalue weighted by molar-refractivity contribution is 5.95. The van der Waals surface area contributed by atoms with Crippen molar-refractivity contribution >= 4 is 23.5 Å². The lowest BCUT2D eigenvalue weighted by atomic mass is 9.77. The Labute approximate surface area is 335 Å². The predicted octanol–water partition coefficient (Wildman–Crippen LogP) is 6.61. The number of carbonyl (C=O) groups is 2. The number of pyridine rings is 1. The van der Waals surface area contributed by atoms with E-state index in [9.17, 15) is 9.59 Å². The largest absolute Gasteiger partial charge is 0.454 e. The van der Waals surface area contributed by atoms with Crippen molar-refractivity contribution in [1.29, 1.82) is 0 Å². The molecule has 3 aromatic carbocycles. The second-order valence-corrected chi connectivity index (χ2v) is 15.9. The number of likely N-dealkylation sites (tertiary alicyclic amines) is 2. The second kappa shape index (κ2) is 15.7. The van der Waals surface area contributed by atoms with Crippen molar-refractivity contribution in [3.63, 3.8) is 0 Å². The zero-order valence-corrected chi connectivity index (χ0v) is 32.0. The highest BCUT2D eigenvalue weighted by atomic mass is 16.7. The first kappa shape index (κ1) is 36.4. The van der Waals surface area contributed by atoms with Crippen LogP contribution in [0.3, 0.4) is 0 Å². The minimum absolute atomic E-state index is 0.0147. The number of hydrogen-bond acceptors (Lipinski definition) is 12. The molecule has 0 bridgehead atoms. The van der Waals surface area contributed by atoms with Gasteiger partial charge in [0.2, 0.25) is 31.3 Å². The number of nitrogens with zero attached hydrogens (tertiary/aromatic N) is 5. The summed E-state index contributed by atoms with van der Waals surface area (Å²) in [4.78, 5) is 37.1. The van der Waals surface area contributed by atoms with Crippen molar-refractivity contribution in [2.75, 3.05) is 37.3 Å². The standard InChI is InChI=1S/C44H45N7O7/c52-40(46-34-15-11-28(12-16-34)27-9-10-27)35-17-13-30(22-51(35)24-33-19-20-45-43-39(33)56-26-57-43)31-14-18-36(50(21-31)23-32-7-4-8-37-38(32)55-25-54-37)41(53)47-44-49-48-42(58-44)29-5-2-1-3-6-29/h1-8,11-12,15-16,19-20,27,30-31,35-36H,9-10,13-14,17-18,21-26H2,(H,46,52)(H,47,49,53)/t30?,31?,35-,36-/m1/s1. The second-order valence-electron chi connectivity index (χ2n) is 15.9. The minimum atomic E-state index is -0.456. The van der Waals surface area contributed by atoms with Crippen LogP contribution in [0.2, 0.25) is 0 Å². The van der Waals surface area contributed by atoms with Crippen LogP contribution < -0.4 is 29.6 Å². The Morgan fingerprint density at radius 1 is 0.655 bits per heavy atom. The number of benzene rings is 3. The number of ether oxygens (including phenoxy) is 4. The normalized spacial score (nSPS) is 22.8.